The van der Waals surface area contributed by atoms with Crippen LogP contribution in [0.15, 0.2) is 0 Å². The van der Waals surface area contributed by atoms with E-state index in [-0.39, 0.29) is 18.6 Å². The molecule has 1 saturated heterocycles. The van der Waals surface area contributed by atoms with Gasteiger partial charge in [0.15, 0.2) is 0 Å². The maximum absolute atomic E-state index is 12.4. The van der Waals surface area contributed by atoms with Gasteiger partial charge < -0.3 is 14.9 Å². The number of urea groups is 1. The number of nitrogens with zero attached hydrogens (tertiary/aromatic N) is 2. The zero-order valence-electron chi connectivity index (χ0n) is 11.2. The maximum Gasteiger partial charge on any atom is 0.326 e. The third-order valence-electron chi connectivity index (χ3n) is 4.25. The summed E-state index contributed by atoms with van der Waals surface area (Å²) >= 11 is 0. The maximum atomic E-state index is 12.4. The first-order valence-corrected chi connectivity index (χ1v) is 6.76. The van der Waals surface area contributed by atoms with E-state index >= 15 is 0 Å². The first-order valence-electron chi connectivity index (χ1n) is 6.76. The number of terminal acetylenes is 1. The van der Waals surface area contributed by atoms with Crippen LogP contribution >= 0.6 is 0 Å². The van der Waals surface area contributed by atoms with E-state index in [2.05, 4.69) is 5.92 Å². The Morgan fingerprint density at radius 2 is 2.11 bits per heavy atom. The number of likely N-dealkylation sites (tertiary alicyclic amines) is 1. The molecule has 3 unspecified atom stereocenters. The monoisotopic (exact) mass is 264 g/mol. The molecule has 2 amide bonds. The van der Waals surface area contributed by atoms with Gasteiger partial charge in [-0.15, -0.1) is 6.42 Å². The van der Waals surface area contributed by atoms with Crippen molar-refractivity contribution >= 4 is 12.0 Å². The number of aliphatic carboxylic acids is 1. The van der Waals surface area contributed by atoms with Gasteiger partial charge in [-0.05, 0) is 25.2 Å². The highest BCUT2D eigenvalue weighted by Crippen LogP contribution is 2.40. The van der Waals surface area contributed by atoms with Gasteiger partial charge in [0.25, 0.3) is 0 Å². The molecule has 2 rings (SSSR count). The van der Waals surface area contributed by atoms with Crippen molar-refractivity contribution in [1.82, 2.24) is 9.80 Å². The van der Waals surface area contributed by atoms with Gasteiger partial charge >= 0.3 is 12.0 Å². The van der Waals surface area contributed by atoms with Crippen molar-refractivity contribution in [1.29, 1.82) is 0 Å². The van der Waals surface area contributed by atoms with E-state index in [1.165, 1.54) is 4.90 Å². The first kappa shape index (κ1) is 13.7. The lowest BCUT2D eigenvalue weighted by Crippen LogP contribution is -2.51. The molecule has 1 saturated carbocycles. The molecule has 1 aliphatic carbocycles. The van der Waals surface area contributed by atoms with Crippen LogP contribution in [0.1, 0.15) is 32.1 Å². The van der Waals surface area contributed by atoms with Crippen LogP contribution in [0.2, 0.25) is 0 Å². The van der Waals surface area contributed by atoms with Crippen LogP contribution in [0.5, 0.6) is 0 Å². The normalized spacial score (nSPS) is 29.5. The number of rotatable bonds is 2. The third-order valence-corrected chi connectivity index (χ3v) is 4.25. The van der Waals surface area contributed by atoms with Crippen molar-refractivity contribution in [3.8, 4) is 12.3 Å². The summed E-state index contributed by atoms with van der Waals surface area (Å²) in [5, 5.41) is 9.34. The van der Waals surface area contributed by atoms with Crippen LogP contribution in [0, 0.1) is 18.3 Å². The average molecular weight is 264 g/mol. The predicted molar refractivity (Wildman–Crippen MR) is 70.5 cm³/mol. The molecule has 0 radical (unpaired) electrons. The minimum atomic E-state index is -0.906. The molecule has 0 aromatic rings. The van der Waals surface area contributed by atoms with E-state index in [4.69, 9.17) is 6.42 Å². The molecule has 1 N–H and O–H groups in total. The zero-order valence-corrected chi connectivity index (χ0v) is 11.2. The van der Waals surface area contributed by atoms with Gasteiger partial charge in [0.05, 0.1) is 6.54 Å². The molecular weight excluding hydrogens is 244 g/mol. The second-order valence-electron chi connectivity index (χ2n) is 5.45. The molecule has 0 bridgehead atoms. The van der Waals surface area contributed by atoms with Crippen molar-refractivity contribution in [3.05, 3.63) is 0 Å². The van der Waals surface area contributed by atoms with E-state index in [9.17, 15) is 14.7 Å². The van der Waals surface area contributed by atoms with E-state index in [0.29, 0.717) is 12.3 Å². The first-order chi connectivity index (χ1) is 9.06. The summed E-state index contributed by atoms with van der Waals surface area (Å²) in [5.74, 6) is 1.84. The van der Waals surface area contributed by atoms with E-state index in [1.54, 1.807) is 11.9 Å². The van der Waals surface area contributed by atoms with Crippen LogP contribution in [-0.4, -0.2) is 52.6 Å². The third kappa shape index (κ3) is 2.53. The lowest BCUT2D eigenvalue weighted by Gasteiger charge is -2.35. The highest BCUT2D eigenvalue weighted by atomic mass is 16.4. The molecule has 0 spiro atoms. The molecule has 104 valence electrons. The van der Waals surface area contributed by atoms with Gasteiger partial charge in [-0.25, -0.2) is 9.59 Å². The number of hydrogen-bond acceptors (Lipinski definition) is 2. The largest absolute Gasteiger partial charge is 0.480 e. The van der Waals surface area contributed by atoms with Crippen LogP contribution in [-0.2, 0) is 4.79 Å². The van der Waals surface area contributed by atoms with Gasteiger partial charge in [-0.3, -0.25) is 0 Å². The zero-order chi connectivity index (χ0) is 14.0. The number of hydrogen-bond donors (Lipinski definition) is 1. The second-order valence-corrected chi connectivity index (χ2v) is 5.45. The number of carbonyl (C=O) groups is 2. The Bertz CT molecular complexity index is 415. The van der Waals surface area contributed by atoms with Crippen LogP contribution < -0.4 is 0 Å². The lowest BCUT2D eigenvalue weighted by atomic mass is 9.85. The van der Waals surface area contributed by atoms with E-state index in [1.807, 2.05) is 0 Å². The smallest absolute Gasteiger partial charge is 0.326 e. The van der Waals surface area contributed by atoms with Crippen molar-refractivity contribution < 1.29 is 14.7 Å². The molecule has 1 heterocycles. The Labute approximate surface area is 113 Å². The summed E-state index contributed by atoms with van der Waals surface area (Å²) in [7, 11) is 1.62. The Kier molecular flexibility index (Phi) is 3.98. The Morgan fingerprint density at radius 3 is 2.74 bits per heavy atom. The Hall–Kier alpha value is -1.70. The Balaban J connectivity index is 2.20. The summed E-state index contributed by atoms with van der Waals surface area (Å²) in [6.07, 6.45) is 9.92. The predicted octanol–water partition coefficient (Wildman–Crippen LogP) is 1.39. The highest BCUT2D eigenvalue weighted by molar-refractivity contribution is 5.84. The van der Waals surface area contributed by atoms with Crippen LogP contribution in [0.4, 0.5) is 4.79 Å². The molecule has 0 aromatic heterocycles. The van der Waals surface area contributed by atoms with Crippen LogP contribution in [0.3, 0.4) is 0 Å². The fourth-order valence-corrected chi connectivity index (χ4v) is 3.36. The quantitative estimate of drug-likeness (QED) is 0.767. The molecule has 19 heavy (non-hydrogen) atoms. The molecule has 2 fully saturated rings. The molecule has 3 atom stereocenters. The number of amides is 2. The average Bonchev–Trinajstić information content (AvgIpc) is 2.77. The number of carboxylic acids is 1. The fraction of sp³-hybridized carbons (Fsp3) is 0.714. The minimum absolute atomic E-state index is 0.0718. The summed E-state index contributed by atoms with van der Waals surface area (Å²) in [5.41, 5.74) is 0. The standard InChI is InChI=1S/C14H20N2O3/c1-3-8-15(2)14(19)16-11-7-5-4-6-10(11)9-12(16)13(17)18/h1,10-12H,4-9H2,2H3,(H,17,18). The van der Waals surface area contributed by atoms with Gasteiger partial charge in [-0.1, -0.05) is 18.8 Å². The number of fused-ring (bicyclic) bond motifs is 1. The summed E-state index contributed by atoms with van der Waals surface area (Å²) < 4.78 is 0. The second kappa shape index (κ2) is 5.52. The molecule has 2 aliphatic rings. The van der Waals surface area contributed by atoms with Crippen LogP contribution in [0.25, 0.3) is 0 Å². The van der Waals surface area contributed by atoms with Gasteiger partial charge in [0, 0.05) is 13.1 Å². The molecule has 5 heteroatoms. The van der Waals surface area contributed by atoms with Gasteiger partial charge in [-0.2, -0.15) is 0 Å². The molecule has 0 aromatic carbocycles. The molecule has 5 nitrogen and oxygen atoms in total. The summed E-state index contributed by atoms with van der Waals surface area (Å²) in [6.45, 7) is 0.207. The molecule has 1 aliphatic heterocycles. The van der Waals surface area contributed by atoms with Crippen molar-refractivity contribution in [2.45, 2.75) is 44.2 Å². The van der Waals surface area contributed by atoms with E-state index in [0.717, 1.165) is 25.7 Å². The van der Waals surface area contributed by atoms with Crippen molar-refractivity contribution in [2.75, 3.05) is 13.6 Å². The SMILES string of the molecule is C#CCN(C)C(=O)N1C(C(=O)O)CC2CCCCC21. The summed E-state index contributed by atoms with van der Waals surface area (Å²) in [4.78, 5) is 26.8. The highest BCUT2D eigenvalue weighted by Gasteiger charge is 2.48. The van der Waals surface area contributed by atoms with Crippen molar-refractivity contribution in [3.63, 3.8) is 0 Å². The topological polar surface area (TPSA) is 60.9 Å². The number of carboxylic acid groups (broad SMARTS) is 1. The fourth-order valence-electron chi connectivity index (χ4n) is 3.36. The van der Waals surface area contributed by atoms with E-state index < -0.39 is 12.0 Å². The lowest BCUT2D eigenvalue weighted by molar-refractivity contribution is -0.141. The van der Waals surface area contributed by atoms with Gasteiger partial charge in [0.1, 0.15) is 6.04 Å². The molecular formula is C14H20N2O3. The van der Waals surface area contributed by atoms with Gasteiger partial charge in [0.2, 0.25) is 0 Å². The number of carbonyl (C=O) groups excluding carboxylic acids is 1. The minimum Gasteiger partial charge on any atom is -0.480 e. The van der Waals surface area contributed by atoms with Crippen molar-refractivity contribution in [2.24, 2.45) is 5.92 Å². The summed E-state index contributed by atoms with van der Waals surface area (Å²) in [6, 6.07) is -0.872. The Morgan fingerprint density at radius 1 is 1.42 bits per heavy atom.